The number of hydrogen-bond acceptors (Lipinski definition) is 5. The molecule has 1 saturated heterocycles. The highest BCUT2D eigenvalue weighted by molar-refractivity contribution is 5.97. The number of rotatable bonds is 5. The first kappa shape index (κ1) is 18.6. The van der Waals surface area contributed by atoms with Gasteiger partial charge in [-0.25, -0.2) is 0 Å². The van der Waals surface area contributed by atoms with E-state index < -0.39 is 0 Å². The van der Waals surface area contributed by atoms with Gasteiger partial charge in [0.25, 0.3) is 0 Å². The van der Waals surface area contributed by atoms with Crippen molar-refractivity contribution in [2.75, 3.05) is 56.9 Å². The standard InChI is InChI=1S/C22H26N2O4/c1-26-20-6-3-16(13-21(20)27-2)14-22(25)24-8-7-17-15-18(4-5-19(17)24)23-9-11-28-12-10-23/h3-6,13,15H,7-12,14H2,1-2H3. The highest BCUT2D eigenvalue weighted by Gasteiger charge is 2.26. The number of hydrogen-bond donors (Lipinski definition) is 0. The van der Waals surface area contributed by atoms with Crippen molar-refractivity contribution in [3.63, 3.8) is 0 Å². The van der Waals surface area contributed by atoms with Crippen LogP contribution in [0.5, 0.6) is 11.5 Å². The molecule has 0 atom stereocenters. The Kier molecular flexibility index (Phi) is 5.39. The lowest BCUT2D eigenvalue weighted by atomic mass is 10.1. The van der Waals surface area contributed by atoms with E-state index in [0.717, 1.165) is 50.5 Å². The van der Waals surface area contributed by atoms with Gasteiger partial charge in [0.2, 0.25) is 5.91 Å². The van der Waals surface area contributed by atoms with Crippen LogP contribution in [0, 0.1) is 0 Å². The summed E-state index contributed by atoms with van der Waals surface area (Å²) in [6.07, 6.45) is 1.23. The molecule has 1 fully saturated rings. The van der Waals surface area contributed by atoms with Crippen molar-refractivity contribution in [3.05, 3.63) is 47.5 Å². The first-order valence-electron chi connectivity index (χ1n) is 9.66. The fraction of sp³-hybridized carbons (Fsp3) is 0.409. The zero-order valence-corrected chi connectivity index (χ0v) is 16.4. The Hall–Kier alpha value is -2.73. The third-order valence-electron chi connectivity index (χ3n) is 5.44. The fourth-order valence-corrected chi connectivity index (χ4v) is 3.93. The van der Waals surface area contributed by atoms with E-state index in [0.29, 0.717) is 17.9 Å². The van der Waals surface area contributed by atoms with Gasteiger partial charge < -0.3 is 24.0 Å². The first-order valence-corrected chi connectivity index (χ1v) is 9.66. The molecule has 0 radical (unpaired) electrons. The highest BCUT2D eigenvalue weighted by Crippen LogP contribution is 2.33. The van der Waals surface area contributed by atoms with E-state index in [2.05, 4.69) is 23.1 Å². The molecule has 148 valence electrons. The number of carbonyl (C=O) groups excluding carboxylic acids is 1. The molecule has 0 aromatic heterocycles. The molecule has 0 bridgehead atoms. The average Bonchev–Trinajstić information content (AvgIpc) is 3.17. The highest BCUT2D eigenvalue weighted by atomic mass is 16.5. The van der Waals surface area contributed by atoms with Crippen LogP contribution < -0.4 is 19.3 Å². The molecule has 0 aliphatic carbocycles. The van der Waals surface area contributed by atoms with Crippen LogP contribution in [0.25, 0.3) is 0 Å². The molecule has 2 heterocycles. The van der Waals surface area contributed by atoms with Crippen LogP contribution in [-0.4, -0.2) is 53.0 Å². The van der Waals surface area contributed by atoms with E-state index in [-0.39, 0.29) is 5.91 Å². The molecule has 0 unspecified atom stereocenters. The topological polar surface area (TPSA) is 51.2 Å². The second-order valence-electron chi connectivity index (χ2n) is 7.07. The van der Waals surface area contributed by atoms with Crippen molar-refractivity contribution in [1.29, 1.82) is 0 Å². The number of methoxy groups -OCH3 is 2. The van der Waals surface area contributed by atoms with E-state index in [1.165, 1.54) is 11.3 Å². The summed E-state index contributed by atoms with van der Waals surface area (Å²) in [6.45, 7) is 4.11. The first-order chi connectivity index (χ1) is 13.7. The molecule has 2 aromatic rings. The van der Waals surface area contributed by atoms with E-state index in [1.807, 2.05) is 23.1 Å². The Labute approximate surface area is 165 Å². The maximum absolute atomic E-state index is 12.9. The van der Waals surface area contributed by atoms with Gasteiger partial charge in [0.05, 0.1) is 33.9 Å². The van der Waals surface area contributed by atoms with Gasteiger partial charge in [-0.2, -0.15) is 0 Å². The minimum Gasteiger partial charge on any atom is -0.493 e. The monoisotopic (exact) mass is 382 g/mol. The molecule has 0 spiro atoms. The number of ether oxygens (including phenoxy) is 3. The zero-order chi connectivity index (χ0) is 19.5. The minimum atomic E-state index is 0.102. The van der Waals surface area contributed by atoms with Gasteiger partial charge >= 0.3 is 0 Å². The van der Waals surface area contributed by atoms with Crippen LogP contribution in [0.1, 0.15) is 11.1 Å². The Morgan fingerprint density at radius 2 is 1.79 bits per heavy atom. The molecule has 4 rings (SSSR count). The molecule has 6 nitrogen and oxygen atoms in total. The quantitative estimate of drug-likeness (QED) is 0.796. The molecule has 28 heavy (non-hydrogen) atoms. The Morgan fingerprint density at radius 3 is 2.54 bits per heavy atom. The van der Waals surface area contributed by atoms with Gasteiger partial charge in [-0.3, -0.25) is 4.79 Å². The minimum absolute atomic E-state index is 0.102. The predicted octanol–water partition coefficient (Wildman–Crippen LogP) is 2.67. The van der Waals surface area contributed by atoms with Crippen LogP contribution in [0.4, 0.5) is 11.4 Å². The normalized spacial score (nSPS) is 16.1. The summed E-state index contributed by atoms with van der Waals surface area (Å²) < 4.78 is 16.1. The Morgan fingerprint density at radius 1 is 1.00 bits per heavy atom. The smallest absolute Gasteiger partial charge is 0.231 e. The Bertz CT molecular complexity index is 862. The largest absolute Gasteiger partial charge is 0.493 e. The summed E-state index contributed by atoms with van der Waals surface area (Å²) in [5.41, 5.74) is 4.41. The van der Waals surface area contributed by atoms with Crippen molar-refractivity contribution >= 4 is 17.3 Å². The average molecular weight is 382 g/mol. The zero-order valence-electron chi connectivity index (χ0n) is 16.4. The number of benzene rings is 2. The summed E-state index contributed by atoms with van der Waals surface area (Å²) in [4.78, 5) is 17.2. The SMILES string of the molecule is COc1ccc(CC(=O)N2CCc3cc(N4CCOCC4)ccc32)cc1OC. The fourth-order valence-electron chi connectivity index (χ4n) is 3.93. The molecular formula is C22H26N2O4. The molecule has 6 heteroatoms. The van der Waals surface area contributed by atoms with Gasteiger partial charge in [-0.1, -0.05) is 6.07 Å². The van der Waals surface area contributed by atoms with E-state index in [4.69, 9.17) is 14.2 Å². The van der Waals surface area contributed by atoms with Crippen LogP contribution in [0.2, 0.25) is 0 Å². The maximum atomic E-state index is 12.9. The third kappa shape index (κ3) is 3.64. The van der Waals surface area contributed by atoms with Crippen LogP contribution in [0.3, 0.4) is 0 Å². The van der Waals surface area contributed by atoms with E-state index in [9.17, 15) is 4.79 Å². The second-order valence-corrected chi connectivity index (χ2v) is 7.07. The summed E-state index contributed by atoms with van der Waals surface area (Å²) >= 11 is 0. The van der Waals surface area contributed by atoms with Gasteiger partial charge in [-0.05, 0) is 47.9 Å². The van der Waals surface area contributed by atoms with Crippen molar-refractivity contribution in [3.8, 4) is 11.5 Å². The van der Waals surface area contributed by atoms with Gasteiger partial charge in [0.1, 0.15) is 0 Å². The van der Waals surface area contributed by atoms with Gasteiger partial charge in [-0.15, -0.1) is 0 Å². The van der Waals surface area contributed by atoms with Crippen molar-refractivity contribution in [1.82, 2.24) is 0 Å². The molecule has 1 amide bonds. The van der Waals surface area contributed by atoms with Crippen molar-refractivity contribution in [2.45, 2.75) is 12.8 Å². The molecular weight excluding hydrogens is 356 g/mol. The lowest BCUT2D eigenvalue weighted by Crippen LogP contribution is -2.36. The van der Waals surface area contributed by atoms with E-state index in [1.54, 1.807) is 14.2 Å². The molecule has 2 aromatic carbocycles. The predicted molar refractivity (Wildman–Crippen MR) is 109 cm³/mol. The third-order valence-corrected chi connectivity index (χ3v) is 5.44. The van der Waals surface area contributed by atoms with Crippen LogP contribution in [-0.2, 0) is 22.4 Å². The van der Waals surface area contributed by atoms with Gasteiger partial charge in [0, 0.05) is 31.0 Å². The van der Waals surface area contributed by atoms with Crippen LogP contribution in [0.15, 0.2) is 36.4 Å². The molecule has 0 saturated carbocycles. The summed E-state index contributed by atoms with van der Waals surface area (Å²) in [6, 6.07) is 12.1. The number of amides is 1. The number of fused-ring (bicyclic) bond motifs is 1. The lowest BCUT2D eigenvalue weighted by molar-refractivity contribution is -0.117. The number of carbonyl (C=O) groups is 1. The summed E-state index contributed by atoms with van der Waals surface area (Å²) in [5.74, 6) is 1.41. The van der Waals surface area contributed by atoms with Crippen molar-refractivity contribution < 1.29 is 19.0 Å². The summed E-state index contributed by atoms with van der Waals surface area (Å²) in [7, 11) is 3.21. The van der Waals surface area contributed by atoms with E-state index >= 15 is 0 Å². The number of anilines is 2. The number of nitrogens with zero attached hydrogens (tertiary/aromatic N) is 2. The second kappa shape index (κ2) is 8.10. The number of morpholine rings is 1. The molecule has 2 aliphatic rings. The lowest BCUT2D eigenvalue weighted by Gasteiger charge is -2.29. The van der Waals surface area contributed by atoms with Crippen molar-refractivity contribution in [2.24, 2.45) is 0 Å². The molecule has 2 aliphatic heterocycles. The van der Waals surface area contributed by atoms with Crippen LogP contribution >= 0.6 is 0 Å². The van der Waals surface area contributed by atoms with Gasteiger partial charge in [0.15, 0.2) is 11.5 Å². The Balaban J connectivity index is 1.48. The maximum Gasteiger partial charge on any atom is 0.231 e. The summed E-state index contributed by atoms with van der Waals surface area (Å²) in [5, 5.41) is 0. The molecule has 0 N–H and O–H groups in total.